The molecule has 0 bridgehead atoms. The van der Waals surface area contributed by atoms with Crippen LogP contribution in [0.5, 0.6) is 0 Å². The second-order valence-corrected chi connectivity index (χ2v) is 10.9. The van der Waals surface area contributed by atoms with Crippen molar-refractivity contribution in [2.45, 2.75) is 37.5 Å². The highest BCUT2D eigenvalue weighted by molar-refractivity contribution is 8.06. The van der Waals surface area contributed by atoms with E-state index in [-0.39, 0.29) is 4.90 Å². The Balaban J connectivity index is 2.31. The molecule has 3 rings (SSSR count). The van der Waals surface area contributed by atoms with Crippen molar-refractivity contribution in [2.24, 2.45) is 3.77 Å². The SMILES string of the molecule is Cc1ccc(S(=O)(=O)N=S(=O)(C#Cc2ccccc2)c2c(C)cc(C)cc2C)cc1. The van der Waals surface area contributed by atoms with Crippen molar-refractivity contribution in [1.29, 1.82) is 0 Å². The maximum absolute atomic E-state index is 14.0. The van der Waals surface area contributed by atoms with Gasteiger partial charge in [-0.2, -0.15) is 8.42 Å². The second kappa shape index (κ2) is 8.47. The van der Waals surface area contributed by atoms with Gasteiger partial charge in [-0.3, -0.25) is 0 Å². The number of aryl methyl sites for hydroxylation is 4. The van der Waals surface area contributed by atoms with Gasteiger partial charge in [-0.25, -0.2) is 4.21 Å². The highest BCUT2D eigenvalue weighted by Gasteiger charge is 2.23. The van der Waals surface area contributed by atoms with Gasteiger partial charge >= 0.3 is 0 Å². The van der Waals surface area contributed by atoms with Crippen LogP contribution in [0.1, 0.15) is 27.8 Å². The first kappa shape index (κ1) is 21.8. The van der Waals surface area contributed by atoms with E-state index in [1.54, 1.807) is 38.1 Å². The first-order valence-electron chi connectivity index (χ1n) is 9.36. The van der Waals surface area contributed by atoms with Crippen LogP contribution in [-0.4, -0.2) is 12.6 Å². The van der Waals surface area contributed by atoms with Gasteiger partial charge < -0.3 is 0 Å². The molecule has 6 heteroatoms. The van der Waals surface area contributed by atoms with Crippen molar-refractivity contribution in [3.8, 4) is 11.2 Å². The Labute approximate surface area is 179 Å². The fourth-order valence-electron chi connectivity index (χ4n) is 3.25. The van der Waals surface area contributed by atoms with Crippen molar-refractivity contribution in [3.05, 3.63) is 94.5 Å². The Morgan fingerprint density at radius 1 is 0.733 bits per heavy atom. The number of hydrogen-bond donors (Lipinski definition) is 0. The van der Waals surface area contributed by atoms with E-state index in [0.29, 0.717) is 21.6 Å². The summed E-state index contributed by atoms with van der Waals surface area (Å²) in [6.45, 7) is 7.39. The maximum Gasteiger partial charge on any atom is 0.291 e. The van der Waals surface area contributed by atoms with Gasteiger partial charge in [-0.1, -0.05) is 63.3 Å². The Morgan fingerprint density at radius 3 is 1.87 bits per heavy atom. The summed E-state index contributed by atoms with van der Waals surface area (Å²) in [4.78, 5) is 0.344. The fourth-order valence-corrected chi connectivity index (χ4v) is 6.98. The van der Waals surface area contributed by atoms with Gasteiger partial charge in [0.15, 0.2) is 9.73 Å². The molecule has 0 spiro atoms. The topological polar surface area (TPSA) is 63.6 Å². The first-order valence-corrected chi connectivity index (χ1v) is 12.3. The molecule has 0 aromatic heterocycles. The zero-order chi connectivity index (χ0) is 21.9. The molecule has 3 aromatic rings. The number of nitrogens with zero attached hydrogens (tertiary/aromatic N) is 1. The second-order valence-electron chi connectivity index (χ2n) is 7.21. The van der Waals surface area contributed by atoms with E-state index in [1.807, 2.05) is 44.2 Å². The summed E-state index contributed by atoms with van der Waals surface area (Å²) in [6, 6.07) is 19.0. The number of benzene rings is 3. The van der Waals surface area contributed by atoms with Gasteiger partial charge in [-0.15, -0.1) is 0 Å². The van der Waals surface area contributed by atoms with Crippen molar-refractivity contribution in [3.63, 3.8) is 0 Å². The molecule has 1 unspecified atom stereocenters. The average Bonchev–Trinajstić information content (AvgIpc) is 2.66. The summed E-state index contributed by atoms with van der Waals surface area (Å²) >= 11 is 0. The largest absolute Gasteiger partial charge is 0.291 e. The third kappa shape index (κ3) is 4.81. The summed E-state index contributed by atoms with van der Waals surface area (Å²) in [5, 5.41) is 2.70. The van der Waals surface area contributed by atoms with Crippen molar-refractivity contribution >= 4 is 19.8 Å². The van der Waals surface area contributed by atoms with Crippen LogP contribution in [0.15, 0.2) is 80.3 Å². The molecule has 0 heterocycles. The fraction of sp³-hybridized carbons (Fsp3) is 0.167. The normalized spacial score (nSPS) is 13.1. The van der Waals surface area contributed by atoms with Gasteiger partial charge in [0, 0.05) is 10.8 Å². The Morgan fingerprint density at radius 2 is 1.30 bits per heavy atom. The summed E-state index contributed by atoms with van der Waals surface area (Å²) < 4.78 is 44.0. The molecule has 0 radical (unpaired) electrons. The summed E-state index contributed by atoms with van der Waals surface area (Å²) in [7, 11) is -7.77. The highest BCUT2D eigenvalue weighted by atomic mass is 32.3. The quantitative estimate of drug-likeness (QED) is 0.533. The summed E-state index contributed by atoms with van der Waals surface area (Å²) in [5.74, 6) is 2.85. The van der Waals surface area contributed by atoms with Gasteiger partial charge in [0.1, 0.15) is 0 Å². The molecule has 30 heavy (non-hydrogen) atoms. The molecular formula is C24H23NO3S2. The molecule has 0 aliphatic rings. The van der Waals surface area contributed by atoms with Crippen LogP contribution in [0, 0.1) is 38.9 Å². The van der Waals surface area contributed by atoms with E-state index < -0.39 is 19.8 Å². The maximum atomic E-state index is 14.0. The van der Waals surface area contributed by atoms with E-state index >= 15 is 0 Å². The molecule has 0 fully saturated rings. The molecule has 0 aliphatic carbocycles. The molecule has 4 nitrogen and oxygen atoms in total. The van der Waals surface area contributed by atoms with Gasteiger partial charge in [-0.05, 0) is 63.1 Å². The first-order chi connectivity index (χ1) is 14.1. The van der Waals surface area contributed by atoms with E-state index in [2.05, 4.69) is 14.9 Å². The van der Waals surface area contributed by atoms with E-state index in [4.69, 9.17) is 0 Å². The summed E-state index contributed by atoms with van der Waals surface area (Å²) in [6.07, 6.45) is 0. The lowest BCUT2D eigenvalue weighted by Gasteiger charge is -2.12. The van der Waals surface area contributed by atoms with Crippen LogP contribution >= 0.6 is 0 Å². The minimum absolute atomic E-state index is 0.00949. The number of rotatable bonds is 3. The van der Waals surface area contributed by atoms with Crippen LogP contribution < -0.4 is 0 Å². The number of sulfonamides is 1. The van der Waals surface area contributed by atoms with Gasteiger partial charge in [0.2, 0.25) is 0 Å². The Kier molecular flexibility index (Phi) is 6.16. The van der Waals surface area contributed by atoms with Crippen LogP contribution in [-0.2, 0) is 19.8 Å². The van der Waals surface area contributed by atoms with Crippen molar-refractivity contribution < 1.29 is 12.6 Å². The van der Waals surface area contributed by atoms with E-state index in [1.165, 1.54) is 12.1 Å². The molecule has 0 N–H and O–H groups in total. The molecule has 0 saturated carbocycles. The third-order valence-corrected chi connectivity index (χ3v) is 8.58. The standard InChI is InChI=1S/C24H23NO3S2/c1-18-10-12-23(13-11-18)30(27,28)25-29(26,15-14-22-8-6-5-7-9-22)24-20(3)16-19(2)17-21(24)4/h5-13,16-17H,1-4H3. The van der Waals surface area contributed by atoms with E-state index in [9.17, 15) is 12.6 Å². The van der Waals surface area contributed by atoms with Gasteiger partial charge in [0.25, 0.3) is 10.0 Å². The minimum Gasteiger partial charge on any atom is -0.230 e. The molecule has 1 atom stereocenters. The lowest BCUT2D eigenvalue weighted by atomic mass is 10.1. The monoisotopic (exact) mass is 437 g/mol. The number of hydrogen-bond acceptors (Lipinski definition) is 3. The Hall–Kier alpha value is -2.88. The van der Waals surface area contributed by atoms with Crippen LogP contribution in [0.25, 0.3) is 0 Å². The minimum atomic E-state index is -4.18. The zero-order valence-corrected chi connectivity index (χ0v) is 19.0. The van der Waals surface area contributed by atoms with E-state index in [0.717, 1.165) is 11.1 Å². The van der Waals surface area contributed by atoms with Crippen LogP contribution in [0.4, 0.5) is 0 Å². The van der Waals surface area contributed by atoms with Gasteiger partial charge in [0.05, 0.1) is 9.79 Å². The Bertz CT molecular complexity index is 1350. The molecule has 3 aromatic carbocycles. The van der Waals surface area contributed by atoms with Crippen LogP contribution in [0.3, 0.4) is 0 Å². The molecular weight excluding hydrogens is 414 g/mol. The van der Waals surface area contributed by atoms with Crippen molar-refractivity contribution in [2.75, 3.05) is 0 Å². The predicted octanol–water partition coefficient (Wildman–Crippen LogP) is 5.15. The lowest BCUT2D eigenvalue weighted by Crippen LogP contribution is -2.08. The third-order valence-electron chi connectivity index (χ3n) is 4.51. The zero-order valence-electron chi connectivity index (χ0n) is 17.3. The molecule has 0 aliphatic heterocycles. The molecule has 0 amide bonds. The molecule has 154 valence electrons. The highest BCUT2D eigenvalue weighted by Crippen LogP contribution is 2.27. The lowest BCUT2D eigenvalue weighted by molar-refractivity contribution is 0.598. The summed E-state index contributed by atoms with van der Waals surface area (Å²) in [5.41, 5.74) is 3.94. The average molecular weight is 438 g/mol. The van der Waals surface area contributed by atoms with Crippen molar-refractivity contribution in [1.82, 2.24) is 0 Å². The van der Waals surface area contributed by atoms with Crippen LogP contribution in [0.2, 0.25) is 0 Å². The predicted molar refractivity (Wildman–Crippen MR) is 121 cm³/mol. The molecule has 0 saturated heterocycles. The smallest absolute Gasteiger partial charge is 0.230 e.